The van der Waals surface area contributed by atoms with Gasteiger partial charge in [-0.15, -0.1) is 0 Å². The van der Waals surface area contributed by atoms with Crippen LogP contribution in [0.3, 0.4) is 0 Å². The number of hydrogen-bond acceptors (Lipinski definition) is 8. The zero-order valence-corrected chi connectivity index (χ0v) is 18.6. The van der Waals surface area contributed by atoms with Gasteiger partial charge in [0.05, 0.1) is 22.9 Å². The van der Waals surface area contributed by atoms with Crippen molar-refractivity contribution in [1.29, 1.82) is 5.26 Å². The highest BCUT2D eigenvalue weighted by atomic mass is 32.2. The zero-order valence-electron chi connectivity index (χ0n) is 17.8. The number of hydrogen-bond donors (Lipinski definition) is 4. The molecule has 1 amide bonds. The fourth-order valence-electron chi connectivity index (χ4n) is 3.77. The summed E-state index contributed by atoms with van der Waals surface area (Å²) in [6, 6.07) is 12.3. The number of H-pyrrole nitrogens is 1. The van der Waals surface area contributed by atoms with Crippen LogP contribution in [0.5, 0.6) is 0 Å². The number of carbonyl (C=O) groups excluding carboxylic acids is 1. The highest BCUT2D eigenvalue weighted by Gasteiger charge is 2.30. The molecular formula is C23H21N7O2S. The number of anilines is 1. The monoisotopic (exact) mass is 459 g/mol. The van der Waals surface area contributed by atoms with Gasteiger partial charge in [0, 0.05) is 41.8 Å². The number of nitrogens with one attached hydrogen (secondary N) is 4. The maximum atomic E-state index is 11.9. The third-order valence-corrected chi connectivity index (χ3v) is 6.51. The molecule has 0 saturated heterocycles. The van der Waals surface area contributed by atoms with Crippen LogP contribution in [-0.2, 0) is 0 Å². The first-order valence-corrected chi connectivity index (χ1v) is 11.3. The van der Waals surface area contributed by atoms with E-state index in [4.69, 9.17) is 9.68 Å². The number of pyridine rings is 1. The zero-order chi connectivity index (χ0) is 22.8. The molecule has 5 rings (SSSR count). The fraction of sp³-hybridized carbons (Fsp3) is 0.217. The molecule has 9 nitrogen and oxygen atoms in total. The number of fused-ring (bicyclic) bond motifs is 1. The van der Waals surface area contributed by atoms with Gasteiger partial charge in [-0.25, -0.2) is 9.97 Å². The molecule has 0 unspecified atom stereocenters. The molecule has 0 radical (unpaired) electrons. The van der Waals surface area contributed by atoms with Crippen molar-refractivity contribution in [1.82, 2.24) is 25.0 Å². The average Bonchev–Trinajstić information content (AvgIpc) is 3.50. The first-order chi connectivity index (χ1) is 16.1. The van der Waals surface area contributed by atoms with Crippen LogP contribution in [0.1, 0.15) is 28.9 Å². The van der Waals surface area contributed by atoms with Gasteiger partial charge in [-0.3, -0.25) is 9.52 Å². The number of nitrogens with zero attached hydrogens (tertiary/aromatic N) is 3. The number of carbonyl (C=O) groups is 1. The Kier molecular flexibility index (Phi) is 5.73. The molecule has 1 saturated carbocycles. The van der Waals surface area contributed by atoms with E-state index in [0.29, 0.717) is 23.1 Å². The minimum Gasteiger partial charge on any atom is -0.443 e. The van der Waals surface area contributed by atoms with Crippen molar-refractivity contribution in [3.63, 3.8) is 0 Å². The molecule has 0 atom stereocenters. The van der Waals surface area contributed by atoms with Crippen LogP contribution in [0.2, 0.25) is 0 Å². The van der Waals surface area contributed by atoms with Gasteiger partial charge in [0.2, 0.25) is 5.89 Å². The van der Waals surface area contributed by atoms with E-state index < -0.39 is 0 Å². The number of oxazole rings is 1. The topological polar surface area (TPSA) is 132 Å². The van der Waals surface area contributed by atoms with Gasteiger partial charge >= 0.3 is 0 Å². The number of aromatic nitrogens is 3. The van der Waals surface area contributed by atoms with Crippen molar-refractivity contribution in [2.45, 2.75) is 29.8 Å². The second-order valence-electron chi connectivity index (χ2n) is 7.77. The second-order valence-corrected chi connectivity index (χ2v) is 8.68. The number of rotatable bonds is 7. The van der Waals surface area contributed by atoms with Gasteiger partial charge in [0.25, 0.3) is 5.91 Å². The minimum atomic E-state index is -0.305. The highest BCUT2D eigenvalue weighted by molar-refractivity contribution is 7.97. The normalized spacial score (nSPS) is 17.3. The molecular weight excluding hydrogens is 438 g/mol. The van der Waals surface area contributed by atoms with Crippen molar-refractivity contribution in [3.05, 3.63) is 60.2 Å². The first-order valence-electron chi connectivity index (χ1n) is 10.5. The quantitative estimate of drug-likeness (QED) is 0.308. The van der Waals surface area contributed by atoms with Gasteiger partial charge < -0.3 is 20.0 Å². The summed E-state index contributed by atoms with van der Waals surface area (Å²) >= 11 is 1.55. The molecule has 3 heterocycles. The van der Waals surface area contributed by atoms with Crippen LogP contribution >= 0.6 is 11.9 Å². The molecule has 3 aromatic heterocycles. The maximum Gasteiger partial charge on any atom is 0.272 e. The Morgan fingerprint density at radius 1 is 1.30 bits per heavy atom. The van der Waals surface area contributed by atoms with Gasteiger partial charge in [0.1, 0.15) is 11.9 Å². The lowest BCUT2D eigenvalue weighted by Gasteiger charge is -2.37. The molecule has 0 aliphatic heterocycles. The third-order valence-electron chi connectivity index (χ3n) is 5.57. The lowest BCUT2D eigenvalue weighted by atomic mass is 9.87. The smallest absolute Gasteiger partial charge is 0.272 e. The summed E-state index contributed by atoms with van der Waals surface area (Å²) < 4.78 is 9.08. The van der Waals surface area contributed by atoms with Crippen molar-refractivity contribution >= 4 is 34.6 Å². The lowest BCUT2D eigenvalue weighted by molar-refractivity contribution is 0.0958. The lowest BCUT2D eigenvalue weighted by Crippen LogP contribution is -2.45. The molecule has 0 bridgehead atoms. The molecule has 4 N–H and O–H groups in total. The summed E-state index contributed by atoms with van der Waals surface area (Å²) in [6.45, 7) is 0. The number of benzene rings is 1. The number of aromatic amines is 1. The summed E-state index contributed by atoms with van der Waals surface area (Å²) in [5.74, 6) is 0.0366. The largest absolute Gasteiger partial charge is 0.443 e. The molecule has 1 aromatic carbocycles. The molecule has 10 heteroatoms. The van der Waals surface area contributed by atoms with Crippen LogP contribution < -0.4 is 15.4 Å². The van der Waals surface area contributed by atoms with Gasteiger partial charge in [-0.2, -0.15) is 5.26 Å². The van der Waals surface area contributed by atoms with Crippen LogP contribution in [-0.4, -0.2) is 40.0 Å². The van der Waals surface area contributed by atoms with E-state index in [1.807, 2.05) is 30.5 Å². The first kappa shape index (κ1) is 21.1. The summed E-state index contributed by atoms with van der Waals surface area (Å²) in [5, 5.41) is 16.2. The molecule has 4 aromatic rings. The van der Waals surface area contributed by atoms with E-state index in [1.54, 1.807) is 31.3 Å². The Bertz CT molecular complexity index is 1350. The Hall–Kier alpha value is -3.81. The van der Waals surface area contributed by atoms with Gasteiger partial charge in [0.15, 0.2) is 5.69 Å². The number of nitriles is 1. The van der Waals surface area contributed by atoms with E-state index >= 15 is 0 Å². The summed E-state index contributed by atoms with van der Waals surface area (Å²) in [7, 11) is 1.55. The highest BCUT2D eigenvalue weighted by Crippen LogP contribution is 2.36. The maximum absolute atomic E-state index is 11.9. The van der Waals surface area contributed by atoms with Gasteiger partial charge in [-0.1, -0.05) is 6.07 Å². The Balaban J connectivity index is 1.29. The molecule has 1 fully saturated rings. The summed E-state index contributed by atoms with van der Waals surface area (Å²) in [4.78, 5) is 24.8. The van der Waals surface area contributed by atoms with Crippen molar-refractivity contribution < 1.29 is 9.21 Å². The third kappa shape index (κ3) is 4.28. The SMILES string of the molecule is CNC(=O)c1coc(-c2cnc3[nH]ccc3c2N[C@H]2C[C@H](NSc3cccc(C#N)c3)C2)n1. The molecule has 166 valence electrons. The molecule has 0 spiro atoms. The van der Waals surface area contributed by atoms with Crippen molar-refractivity contribution in [3.8, 4) is 17.5 Å². The van der Waals surface area contributed by atoms with E-state index in [2.05, 4.69) is 36.4 Å². The minimum absolute atomic E-state index is 0.220. The van der Waals surface area contributed by atoms with Crippen LogP contribution in [0.15, 0.2) is 58.3 Å². The predicted molar refractivity (Wildman–Crippen MR) is 126 cm³/mol. The fourth-order valence-corrected chi connectivity index (χ4v) is 4.60. The van der Waals surface area contributed by atoms with Crippen LogP contribution in [0.25, 0.3) is 22.5 Å². The average molecular weight is 460 g/mol. The van der Waals surface area contributed by atoms with Crippen molar-refractivity contribution in [2.24, 2.45) is 0 Å². The molecule has 33 heavy (non-hydrogen) atoms. The van der Waals surface area contributed by atoms with Crippen molar-refractivity contribution in [2.75, 3.05) is 12.4 Å². The van der Waals surface area contributed by atoms with Gasteiger partial charge in [-0.05, 0) is 49.1 Å². The second kappa shape index (κ2) is 8.97. The standard InChI is InChI=1S/C23H21N7O2S/c1-25-22(31)19-12-32-23(29-19)18-11-27-21-17(5-6-26-21)20(18)28-14-8-15(9-14)30-33-16-4-2-3-13(7-16)10-24/h2-7,11-12,14-15,30H,8-9H2,1H3,(H,25,31)(H2,26,27,28)/t14-,15-. The Morgan fingerprint density at radius 2 is 2.18 bits per heavy atom. The Labute approximate surface area is 194 Å². The summed E-state index contributed by atoms with van der Waals surface area (Å²) in [5.41, 5.74) is 3.22. The predicted octanol–water partition coefficient (Wildman–Crippen LogP) is 3.69. The molecule has 1 aliphatic carbocycles. The Morgan fingerprint density at radius 3 is 3.00 bits per heavy atom. The van der Waals surface area contributed by atoms with E-state index in [-0.39, 0.29) is 17.6 Å². The van der Waals surface area contributed by atoms with E-state index in [0.717, 1.165) is 34.5 Å². The number of amides is 1. The van der Waals surface area contributed by atoms with Crippen LogP contribution in [0.4, 0.5) is 5.69 Å². The van der Waals surface area contributed by atoms with Crippen LogP contribution in [0, 0.1) is 11.3 Å². The molecule has 1 aliphatic rings. The summed E-state index contributed by atoms with van der Waals surface area (Å²) in [6.07, 6.45) is 6.77. The van der Waals surface area contributed by atoms with E-state index in [9.17, 15) is 4.79 Å². The van der Waals surface area contributed by atoms with E-state index in [1.165, 1.54) is 6.26 Å².